The molecule has 0 aliphatic heterocycles. The lowest BCUT2D eigenvalue weighted by atomic mass is 10.1. The minimum Gasteiger partial charge on any atom is -0.497 e. The summed E-state index contributed by atoms with van der Waals surface area (Å²) >= 11 is 0. The molecule has 7 nitrogen and oxygen atoms in total. The Morgan fingerprint density at radius 3 is 2.57 bits per heavy atom. The van der Waals surface area contributed by atoms with Gasteiger partial charge in [0.25, 0.3) is 5.91 Å². The first kappa shape index (κ1) is 19.5. The second-order valence-electron chi connectivity index (χ2n) is 6.43. The third kappa shape index (κ3) is 4.36. The number of ether oxygens (including phenoxy) is 2. The third-order valence-electron chi connectivity index (χ3n) is 4.58. The quantitative estimate of drug-likeness (QED) is 0.639. The summed E-state index contributed by atoms with van der Waals surface area (Å²) in [6.45, 7) is 6.99. The van der Waals surface area contributed by atoms with Gasteiger partial charge in [-0.3, -0.25) is 9.48 Å². The van der Waals surface area contributed by atoms with Gasteiger partial charge in [-0.15, -0.1) is 0 Å². The Labute approximate surface area is 164 Å². The molecule has 1 unspecified atom stereocenters. The first-order chi connectivity index (χ1) is 13.5. The fourth-order valence-electron chi connectivity index (χ4n) is 2.95. The van der Waals surface area contributed by atoms with Gasteiger partial charge in [0.2, 0.25) is 0 Å². The van der Waals surface area contributed by atoms with E-state index in [2.05, 4.69) is 10.4 Å². The maximum absolute atomic E-state index is 12.5. The van der Waals surface area contributed by atoms with Gasteiger partial charge in [-0.2, -0.15) is 5.10 Å². The number of nitrogens with one attached hydrogen (secondary N) is 1. The summed E-state index contributed by atoms with van der Waals surface area (Å²) in [5, 5.41) is 7.27. The molecule has 1 atom stereocenters. The minimum absolute atomic E-state index is 0.170. The van der Waals surface area contributed by atoms with Gasteiger partial charge in [0.15, 0.2) is 5.76 Å². The van der Waals surface area contributed by atoms with Crippen LogP contribution >= 0.6 is 0 Å². The molecule has 28 heavy (non-hydrogen) atoms. The highest BCUT2D eigenvalue weighted by Gasteiger charge is 2.18. The van der Waals surface area contributed by atoms with Crippen molar-refractivity contribution < 1.29 is 18.7 Å². The summed E-state index contributed by atoms with van der Waals surface area (Å²) < 4.78 is 18.3. The number of hydrogen-bond donors (Lipinski definition) is 1. The lowest BCUT2D eigenvalue weighted by molar-refractivity contribution is 0.0907. The maximum atomic E-state index is 12.5. The van der Waals surface area contributed by atoms with Gasteiger partial charge in [0.1, 0.15) is 23.9 Å². The van der Waals surface area contributed by atoms with Gasteiger partial charge in [-0.05, 0) is 57.2 Å². The molecule has 1 aromatic carbocycles. The minimum atomic E-state index is -0.271. The van der Waals surface area contributed by atoms with Gasteiger partial charge in [0, 0.05) is 17.8 Å². The van der Waals surface area contributed by atoms with E-state index in [1.54, 1.807) is 25.4 Å². The molecule has 1 amide bonds. The number of methoxy groups -OCH3 is 1. The summed E-state index contributed by atoms with van der Waals surface area (Å²) in [7, 11) is 1.61. The zero-order valence-corrected chi connectivity index (χ0v) is 16.6. The van der Waals surface area contributed by atoms with Crippen LogP contribution in [0.3, 0.4) is 0 Å². The number of carbonyl (C=O) groups is 1. The van der Waals surface area contributed by atoms with Crippen molar-refractivity contribution in [1.82, 2.24) is 15.1 Å². The van der Waals surface area contributed by atoms with E-state index in [0.29, 0.717) is 11.5 Å². The Morgan fingerprint density at radius 2 is 1.93 bits per heavy atom. The van der Waals surface area contributed by atoms with Crippen LogP contribution in [0.1, 0.15) is 47.5 Å². The van der Waals surface area contributed by atoms with E-state index in [-0.39, 0.29) is 24.3 Å². The monoisotopic (exact) mass is 383 g/mol. The predicted octanol–water partition coefficient (Wildman–Crippen LogP) is 3.88. The van der Waals surface area contributed by atoms with Gasteiger partial charge in [0.05, 0.1) is 19.3 Å². The van der Waals surface area contributed by atoms with Crippen LogP contribution in [-0.4, -0.2) is 22.8 Å². The molecule has 3 aromatic rings. The van der Waals surface area contributed by atoms with Crippen LogP contribution < -0.4 is 14.8 Å². The van der Waals surface area contributed by atoms with Crippen LogP contribution in [0.4, 0.5) is 0 Å². The van der Waals surface area contributed by atoms with Crippen molar-refractivity contribution in [1.29, 1.82) is 0 Å². The molecule has 3 rings (SSSR count). The van der Waals surface area contributed by atoms with Crippen LogP contribution in [0.5, 0.6) is 11.5 Å². The highest BCUT2D eigenvalue weighted by molar-refractivity contribution is 5.91. The molecule has 1 N–H and O–H groups in total. The summed E-state index contributed by atoms with van der Waals surface area (Å²) in [5.41, 5.74) is 2.04. The summed E-state index contributed by atoms with van der Waals surface area (Å²) in [5.74, 6) is 2.01. The van der Waals surface area contributed by atoms with E-state index in [9.17, 15) is 4.79 Å². The van der Waals surface area contributed by atoms with Crippen molar-refractivity contribution in [3.8, 4) is 11.5 Å². The summed E-state index contributed by atoms with van der Waals surface area (Å²) in [6, 6.07) is 10.5. The number of aryl methyl sites for hydroxylation is 1. The first-order valence-electron chi connectivity index (χ1n) is 9.20. The van der Waals surface area contributed by atoms with Crippen LogP contribution in [0, 0.1) is 6.92 Å². The molecule has 2 aromatic heterocycles. The van der Waals surface area contributed by atoms with Crippen LogP contribution in [-0.2, 0) is 13.2 Å². The molecule has 0 bridgehead atoms. The second-order valence-corrected chi connectivity index (χ2v) is 6.43. The number of benzene rings is 1. The molecule has 2 heterocycles. The van der Waals surface area contributed by atoms with Crippen molar-refractivity contribution in [3.63, 3.8) is 0 Å². The van der Waals surface area contributed by atoms with Crippen molar-refractivity contribution in [3.05, 3.63) is 65.4 Å². The molecular weight excluding hydrogens is 358 g/mol. The van der Waals surface area contributed by atoms with Gasteiger partial charge in [-0.1, -0.05) is 0 Å². The molecule has 0 fully saturated rings. The molecule has 7 heteroatoms. The van der Waals surface area contributed by atoms with Gasteiger partial charge in [-0.25, -0.2) is 0 Å². The number of furan rings is 1. The maximum Gasteiger partial charge on any atom is 0.287 e. The molecule has 0 spiro atoms. The second kappa shape index (κ2) is 8.65. The van der Waals surface area contributed by atoms with E-state index in [1.165, 1.54) is 0 Å². The number of aromatic nitrogens is 2. The molecule has 0 saturated carbocycles. The third-order valence-corrected chi connectivity index (χ3v) is 4.58. The highest BCUT2D eigenvalue weighted by Crippen LogP contribution is 2.20. The zero-order valence-electron chi connectivity index (χ0n) is 16.6. The number of rotatable bonds is 8. The average molecular weight is 383 g/mol. The van der Waals surface area contributed by atoms with Crippen molar-refractivity contribution >= 4 is 5.91 Å². The van der Waals surface area contributed by atoms with Crippen LogP contribution in [0.2, 0.25) is 0 Å². The van der Waals surface area contributed by atoms with Gasteiger partial charge >= 0.3 is 0 Å². The molecule has 0 aliphatic carbocycles. The first-order valence-corrected chi connectivity index (χ1v) is 9.20. The standard InChI is InChI=1S/C21H25N3O4/c1-5-24-15(3)19(12-22-24)14(2)23-21(25)20-11-10-18(28-20)13-27-17-8-6-16(26-4)7-9-17/h6-12,14H,5,13H2,1-4H3,(H,23,25). The smallest absolute Gasteiger partial charge is 0.287 e. The van der Waals surface area contributed by atoms with E-state index >= 15 is 0 Å². The Balaban J connectivity index is 1.57. The number of hydrogen-bond acceptors (Lipinski definition) is 5. The van der Waals surface area contributed by atoms with E-state index < -0.39 is 0 Å². The van der Waals surface area contributed by atoms with E-state index in [1.807, 2.05) is 49.7 Å². The Kier molecular flexibility index (Phi) is 6.03. The van der Waals surface area contributed by atoms with E-state index in [0.717, 1.165) is 23.6 Å². The molecule has 148 valence electrons. The summed E-state index contributed by atoms with van der Waals surface area (Å²) in [4.78, 5) is 12.5. The van der Waals surface area contributed by atoms with Crippen LogP contribution in [0.15, 0.2) is 47.0 Å². The molecular formula is C21H25N3O4. The van der Waals surface area contributed by atoms with Crippen molar-refractivity contribution in [2.75, 3.05) is 7.11 Å². The molecule has 0 saturated heterocycles. The lowest BCUT2D eigenvalue weighted by Crippen LogP contribution is -2.26. The van der Waals surface area contributed by atoms with E-state index in [4.69, 9.17) is 13.9 Å². The van der Waals surface area contributed by atoms with Crippen molar-refractivity contribution in [2.45, 2.75) is 40.0 Å². The number of amides is 1. The number of carbonyl (C=O) groups excluding carboxylic acids is 1. The Bertz CT molecular complexity index is 928. The Hall–Kier alpha value is -3.22. The largest absolute Gasteiger partial charge is 0.497 e. The number of nitrogens with zero attached hydrogens (tertiary/aromatic N) is 2. The molecule has 0 radical (unpaired) electrons. The van der Waals surface area contributed by atoms with Crippen molar-refractivity contribution in [2.24, 2.45) is 0 Å². The Morgan fingerprint density at radius 1 is 1.21 bits per heavy atom. The average Bonchev–Trinajstić information content (AvgIpc) is 3.33. The molecule has 0 aliphatic rings. The van der Waals surface area contributed by atoms with Crippen LogP contribution in [0.25, 0.3) is 0 Å². The zero-order chi connectivity index (χ0) is 20.1. The van der Waals surface area contributed by atoms with Gasteiger partial charge < -0.3 is 19.2 Å². The highest BCUT2D eigenvalue weighted by atomic mass is 16.5. The predicted molar refractivity (Wildman–Crippen MR) is 105 cm³/mol. The fraction of sp³-hybridized carbons (Fsp3) is 0.333. The topological polar surface area (TPSA) is 78.5 Å². The summed E-state index contributed by atoms with van der Waals surface area (Å²) in [6.07, 6.45) is 1.79. The fourth-order valence-corrected chi connectivity index (χ4v) is 2.95. The SMILES string of the molecule is CCn1ncc(C(C)NC(=O)c2ccc(COc3ccc(OC)cc3)o2)c1C. The lowest BCUT2D eigenvalue weighted by Gasteiger charge is -2.13. The normalized spacial score (nSPS) is 11.9.